The van der Waals surface area contributed by atoms with Gasteiger partial charge in [-0.25, -0.2) is 0 Å². The van der Waals surface area contributed by atoms with Crippen molar-refractivity contribution >= 4 is 30.1 Å². The minimum absolute atomic E-state index is 0.00892. The summed E-state index contributed by atoms with van der Waals surface area (Å²) in [5, 5.41) is 4.52. The molecular weight excluding hydrogens is 420 g/mol. The van der Waals surface area contributed by atoms with Crippen molar-refractivity contribution in [1.29, 1.82) is 0 Å². The molecule has 1 saturated heterocycles. The number of hydrazone groups is 1. The Kier molecular flexibility index (Phi) is 6.67. The molecule has 0 radical (unpaired) electrons. The third kappa shape index (κ3) is 3.87. The summed E-state index contributed by atoms with van der Waals surface area (Å²) in [6.07, 6.45) is 10.3. The van der Waals surface area contributed by atoms with Crippen LogP contribution in [0.3, 0.4) is 0 Å². The molecule has 1 aromatic rings. The first kappa shape index (κ1) is 23.2. The van der Waals surface area contributed by atoms with Gasteiger partial charge in [-0.15, -0.1) is 0 Å². The Labute approximate surface area is 194 Å². The number of nitrogens with one attached hydrogen (secondary N) is 2. The maximum Gasteiger partial charge on any atom is 0.238 e. The van der Waals surface area contributed by atoms with Gasteiger partial charge in [-0.1, -0.05) is 13.5 Å². The second-order valence-corrected chi connectivity index (χ2v) is 8.93. The number of methoxy groups -OCH3 is 2. The van der Waals surface area contributed by atoms with Crippen LogP contribution in [-0.4, -0.2) is 61.8 Å². The molecule has 0 spiro atoms. The van der Waals surface area contributed by atoms with Crippen LogP contribution in [0.25, 0.3) is 12.2 Å². The SMILES string of the molecule is C=Cc1[nH]c2c(c1/C=C1\C(C)C(COC)(COC)C(=O)N1CC=O)CCCC1=CNN=C2C1. The molecule has 2 N–H and O–H groups in total. The molecule has 3 heterocycles. The molecule has 0 aromatic carbocycles. The van der Waals surface area contributed by atoms with E-state index < -0.39 is 5.41 Å². The summed E-state index contributed by atoms with van der Waals surface area (Å²) in [7, 11) is 3.16. The van der Waals surface area contributed by atoms with Crippen LogP contribution in [0.2, 0.25) is 0 Å². The molecule has 2 bridgehead atoms. The lowest BCUT2D eigenvalue weighted by molar-refractivity contribution is -0.144. The quantitative estimate of drug-likeness (QED) is 0.592. The van der Waals surface area contributed by atoms with E-state index in [1.807, 2.05) is 19.2 Å². The largest absolute Gasteiger partial charge is 0.383 e. The fourth-order valence-corrected chi connectivity index (χ4v) is 5.34. The van der Waals surface area contributed by atoms with Gasteiger partial charge in [0.2, 0.25) is 5.91 Å². The van der Waals surface area contributed by atoms with Gasteiger partial charge >= 0.3 is 0 Å². The first-order valence-corrected chi connectivity index (χ1v) is 11.3. The summed E-state index contributed by atoms with van der Waals surface area (Å²) in [6.45, 7) is 6.43. The summed E-state index contributed by atoms with van der Waals surface area (Å²) in [5.41, 5.74) is 9.32. The number of fused-ring (bicyclic) bond motifs is 4. The highest BCUT2D eigenvalue weighted by Gasteiger charge is 2.55. The molecule has 2 aliphatic heterocycles. The van der Waals surface area contributed by atoms with Crippen molar-refractivity contribution in [1.82, 2.24) is 15.3 Å². The second kappa shape index (κ2) is 9.49. The van der Waals surface area contributed by atoms with E-state index in [2.05, 4.69) is 22.1 Å². The molecule has 176 valence electrons. The molecule has 1 atom stereocenters. The van der Waals surface area contributed by atoms with E-state index in [4.69, 9.17) is 9.47 Å². The van der Waals surface area contributed by atoms with Crippen LogP contribution in [0.1, 0.15) is 48.7 Å². The Morgan fingerprint density at radius 3 is 2.73 bits per heavy atom. The maximum absolute atomic E-state index is 13.5. The molecule has 1 fully saturated rings. The van der Waals surface area contributed by atoms with Crippen LogP contribution in [0.4, 0.5) is 0 Å². The Balaban J connectivity index is 1.86. The lowest BCUT2D eigenvalue weighted by Gasteiger charge is -2.29. The lowest BCUT2D eigenvalue weighted by atomic mass is 9.78. The van der Waals surface area contributed by atoms with E-state index in [0.717, 1.165) is 60.3 Å². The maximum atomic E-state index is 13.5. The monoisotopic (exact) mass is 452 g/mol. The first-order valence-electron chi connectivity index (χ1n) is 11.3. The van der Waals surface area contributed by atoms with E-state index in [1.54, 1.807) is 25.2 Å². The Morgan fingerprint density at radius 1 is 1.30 bits per heavy atom. The number of allylic oxidation sites excluding steroid dienone is 2. The van der Waals surface area contributed by atoms with E-state index >= 15 is 0 Å². The summed E-state index contributed by atoms with van der Waals surface area (Å²) in [5.74, 6) is -0.351. The van der Waals surface area contributed by atoms with Gasteiger partial charge in [0, 0.05) is 49.7 Å². The third-order valence-electron chi connectivity index (χ3n) is 7.07. The number of aldehydes is 1. The van der Waals surface area contributed by atoms with Gasteiger partial charge < -0.3 is 24.2 Å². The zero-order valence-corrected chi connectivity index (χ0v) is 19.6. The minimum atomic E-state index is -0.880. The average molecular weight is 453 g/mol. The number of carbonyl (C=O) groups is 2. The van der Waals surface area contributed by atoms with E-state index in [9.17, 15) is 9.59 Å². The molecule has 1 aromatic heterocycles. The molecule has 33 heavy (non-hydrogen) atoms. The highest BCUT2D eigenvalue weighted by atomic mass is 16.5. The first-order chi connectivity index (χ1) is 16.0. The van der Waals surface area contributed by atoms with Crippen molar-refractivity contribution in [3.05, 3.63) is 46.6 Å². The second-order valence-electron chi connectivity index (χ2n) is 8.93. The highest BCUT2D eigenvalue weighted by Crippen LogP contribution is 2.46. The topological polar surface area (TPSA) is 96.0 Å². The number of hydrogen-bond donors (Lipinski definition) is 2. The number of H-pyrrole nitrogens is 1. The molecule has 0 saturated carbocycles. The normalized spacial score (nSPS) is 22.8. The van der Waals surface area contributed by atoms with E-state index in [-0.39, 0.29) is 31.6 Å². The van der Waals surface area contributed by atoms with Crippen LogP contribution < -0.4 is 5.43 Å². The summed E-state index contributed by atoms with van der Waals surface area (Å²) < 4.78 is 10.9. The number of aromatic nitrogens is 1. The smallest absolute Gasteiger partial charge is 0.238 e. The predicted molar refractivity (Wildman–Crippen MR) is 127 cm³/mol. The fraction of sp³-hybridized carbons (Fsp3) is 0.480. The molecule has 4 rings (SSSR count). The van der Waals surface area contributed by atoms with Crippen molar-refractivity contribution in [2.75, 3.05) is 34.0 Å². The van der Waals surface area contributed by atoms with Gasteiger partial charge in [-0.3, -0.25) is 10.2 Å². The summed E-state index contributed by atoms with van der Waals surface area (Å²) >= 11 is 0. The number of ether oxygens (including phenoxy) is 2. The average Bonchev–Trinajstić information content (AvgIpc) is 3.24. The number of amides is 1. The van der Waals surface area contributed by atoms with Crippen molar-refractivity contribution in [3.8, 4) is 0 Å². The molecule has 1 aliphatic carbocycles. The summed E-state index contributed by atoms with van der Waals surface area (Å²) in [6, 6.07) is 0. The third-order valence-corrected chi connectivity index (χ3v) is 7.07. The number of likely N-dealkylation sites (tertiary alicyclic amines) is 1. The van der Waals surface area contributed by atoms with Crippen LogP contribution in [-0.2, 0) is 25.5 Å². The van der Waals surface area contributed by atoms with Crippen molar-refractivity contribution in [2.24, 2.45) is 16.4 Å². The minimum Gasteiger partial charge on any atom is -0.383 e. The number of carbonyl (C=O) groups excluding carboxylic acids is 2. The van der Waals surface area contributed by atoms with E-state index in [0.29, 0.717) is 0 Å². The van der Waals surface area contributed by atoms with Crippen LogP contribution >= 0.6 is 0 Å². The van der Waals surface area contributed by atoms with Crippen LogP contribution in [0.15, 0.2) is 29.2 Å². The number of rotatable bonds is 8. The summed E-state index contributed by atoms with van der Waals surface area (Å²) in [4.78, 5) is 30.1. The van der Waals surface area contributed by atoms with Gasteiger partial charge in [-0.05, 0) is 42.6 Å². The molecule has 8 heteroatoms. The Bertz CT molecular complexity index is 1040. The molecule has 1 amide bonds. The molecule has 8 nitrogen and oxygen atoms in total. The zero-order valence-electron chi connectivity index (χ0n) is 19.6. The standard InChI is InChI=1S/C25H32N4O4/c1-5-20-19(18-8-6-7-17-11-21(23(18)27-20)28-26-13-17)12-22-16(2)25(14-32-3,15-33-4)24(31)29(22)9-10-30/h5,10,12-13,16,26-27H,1,6-9,11,14-15H2,2-4H3/b22-12+. The highest BCUT2D eigenvalue weighted by molar-refractivity contribution is 6.03. The molecule has 1 unspecified atom stereocenters. The number of aromatic amines is 1. The van der Waals surface area contributed by atoms with Gasteiger partial charge in [-0.2, -0.15) is 5.10 Å². The van der Waals surface area contributed by atoms with Crippen molar-refractivity contribution in [2.45, 2.75) is 32.6 Å². The van der Waals surface area contributed by atoms with Gasteiger partial charge in [0.1, 0.15) is 11.7 Å². The van der Waals surface area contributed by atoms with Gasteiger partial charge in [0.15, 0.2) is 0 Å². The predicted octanol–water partition coefficient (Wildman–Crippen LogP) is 2.87. The molecule has 3 aliphatic rings. The van der Waals surface area contributed by atoms with Crippen LogP contribution in [0.5, 0.6) is 0 Å². The van der Waals surface area contributed by atoms with Crippen LogP contribution in [0, 0.1) is 11.3 Å². The van der Waals surface area contributed by atoms with Gasteiger partial charge in [0.25, 0.3) is 0 Å². The van der Waals surface area contributed by atoms with Crippen molar-refractivity contribution in [3.63, 3.8) is 0 Å². The fourth-order valence-electron chi connectivity index (χ4n) is 5.34. The Morgan fingerprint density at radius 2 is 2.06 bits per heavy atom. The lowest BCUT2D eigenvalue weighted by Crippen LogP contribution is -2.43. The number of hydrogen-bond acceptors (Lipinski definition) is 6. The van der Waals surface area contributed by atoms with Crippen molar-refractivity contribution < 1.29 is 19.1 Å². The Hall–Kier alpha value is -2.97. The molecular formula is C25H32N4O4. The number of nitrogens with zero attached hydrogens (tertiary/aromatic N) is 2. The van der Waals surface area contributed by atoms with Gasteiger partial charge in [0.05, 0.1) is 31.2 Å². The van der Waals surface area contributed by atoms with E-state index in [1.165, 1.54) is 11.1 Å². The zero-order chi connectivity index (χ0) is 23.6.